The van der Waals surface area contributed by atoms with Crippen LogP contribution in [-0.4, -0.2) is 0 Å². The molecular weight excluding hydrogens is 245 g/mol. The molecule has 0 fully saturated rings. The van der Waals surface area contributed by atoms with Crippen molar-refractivity contribution < 1.29 is 4.39 Å². The number of hydrogen-bond acceptors (Lipinski definition) is 1. The third-order valence-electron chi connectivity index (χ3n) is 2.05. The molecule has 0 amide bonds. The molecule has 1 aromatic carbocycles. The van der Waals surface area contributed by atoms with Gasteiger partial charge in [-0.05, 0) is 25.0 Å². The van der Waals surface area contributed by atoms with Crippen LogP contribution in [0.1, 0.15) is 24.4 Å². The number of halogens is 2. The van der Waals surface area contributed by atoms with E-state index in [9.17, 15) is 4.39 Å². The Hall–Kier alpha value is -0.670. The van der Waals surface area contributed by atoms with Gasteiger partial charge in [0.1, 0.15) is 5.82 Å². The fraction of sp³-hybridized carbons (Fsp3) is 0.273. The van der Waals surface area contributed by atoms with Crippen LogP contribution in [0, 0.1) is 5.82 Å². The first kappa shape index (κ1) is 11.4. The molecule has 0 aliphatic heterocycles. The predicted octanol–water partition coefficient (Wildman–Crippen LogP) is 3.55. The lowest BCUT2D eigenvalue weighted by Crippen LogP contribution is -2.12. The van der Waals surface area contributed by atoms with E-state index >= 15 is 0 Å². The van der Waals surface area contributed by atoms with Crippen LogP contribution in [0.25, 0.3) is 0 Å². The van der Waals surface area contributed by atoms with Gasteiger partial charge >= 0.3 is 0 Å². The smallest absolute Gasteiger partial charge is 0.129 e. The van der Waals surface area contributed by atoms with Gasteiger partial charge in [0.05, 0.1) is 0 Å². The Morgan fingerprint density at radius 1 is 1.57 bits per heavy atom. The molecule has 76 valence electrons. The average Bonchev–Trinajstić information content (AvgIpc) is 2.14. The molecule has 3 heteroatoms. The third-order valence-corrected chi connectivity index (χ3v) is 2.74. The summed E-state index contributed by atoms with van der Waals surface area (Å²) in [6.07, 6.45) is 3.29. The lowest BCUT2D eigenvalue weighted by Gasteiger charge is -2.13. The molecule has 1 atom stereocenters. The Morgan fingerprint density at radius 3 is 2.86 bits per heavy atom. The first-order valence-corrected chi connectivity index (χ1v) is 5.26. The highest BCUT2D eigenvalue weighted by Gasteiger charge is 2.13. The maximum atomic E-state index is 13.4. The van der Waals surface area contributed by atoms with Gasteiger partial charge in [-0.3, -0.25) is 0 Å². The molecule has 2 N–H and O–H groups in total. The van der Waals surface area contributed by atoms with E-state index in [0.717, 1.165) is 10.9 Å². The number of rotatable bonds is 4. The molecule has 0 saturated heterocycles. The largest absolute Gasteiger partial charge is 0.324 e. The maximum Gasteiger partial charge on any atom is 0.129 e. The van der Waals surface area contributed by atoms with Crippen LogP contribution >= 0.6 is 15.9 Å². The van der Waals surface area contributed by atoms with Crippen molar-refractivity contribution in [2.75, 3.05) is 0 Å². The fourth-order valence-corrected chi connectivity index (χ4v) is 1.94. The molecule has 0 radical (unpaired) electrons. The molecule has 0 aliphatic rings. The van der Waals surface area contributed by atoms with Crippen LogP contribution in [0.3, 0.4) is 0 Å². The van der Waals surface area contributed by atoms with E-state index in [1.165, 1.54) is 6.07 Å². The molecular formula is C11H13BrFN. The van der Waals surface area contributed by atoms with Crippen molar-refractivity contribution in [1.29, 1.82) is 0 Å². The van der Waals surface area contributed by atoms with Crippen molar-refractivity contribution >= 4 is 15.9 Å². The van der Waals surface area contributed by atoms with Gasteiger partial charge in [-0.2, -0.15) is 0 Å². The quantitative estimate of drug-likeness (QED) is 0.821. The third kappa shape index (κ3) is 2.66. The maximum absolute atomic E-state index is 13.4. The summed E-state index contributed by atoms with van der Waals surface area (Å²) in [5.41, 5.74) is 6.42. The van der Waals surface area contributed by atoms with Crippen LogP contribution in [0.2, 0.25) is 0 Å². The predicted molar refractivity (Wildman–Crippen MR) is 60.5 cm³/mol. The summed E-state index contributed by atoms with van der Waals surface area (Å²) in [6.45, 7) is 3.61. The molecule has 0 heterocycles. The number of nitrogens with two attached hydrogens (primary N) is 1. The van der Waals surface area contributed by atoms with Crippen LogP contribution in [0.5, 0.6) is 0 Å². The van der Waals surface area contributed by atoms with Gasteiger partial charge in [0, 0.05) is 16.1 Å². The molecule has 1 nitrogen and oxygen atoms in total. The summed E-state index contributed by atoms with van der Waals surface area (Å²) < 4.78 is 14.1. The molecule has 0 unspecified atom stereocenters. The summed E-state index contributed by atoms with van der Waals surface area (Å²) >= 11 is 3.29. The van der Waals surface area contributed by atoms with Crippen molar-refractivity contribution in [1.82, 2.24) is 0 Å². The highest BCUT2D eigenvalue weighted by Crippen LogP contribution is 2.27. The van der Waals surface area contributed by atoms with E-state index in [4.69, 9.17) is 5.73 Å². The zero-order chi connectivity index (χ0) is 10.6. The van der Waals surface area contributed by atoms with E-state index in [1.807, 2.05) is 0 Å². The first-order valence-electron chi connectivity index (χ1n) is 4.47. The summed E-state index contributed by atoms with van der Waals surface area (Å²) in [7, 11) is 0. The van der Waals surface area contributed by atoms with Crippen molar-refractivity contribution in [3.05, 3.63) is 46.7 Å². The second-order valence-electron chi connectivity index (χ2n) is 3.11. The Morgan fingerprint density at radius 2 is 2.29 bits per heavy atom. The van der Waals surface area contributed by atoms with Gasteiger partial charge in [0.2, 0.25) is 0 Å². The van der Waals surface area contributed by atoms with E-state index in [-0.39, 0.29) is 11.9 Å². The van der Waals surface area contributed by atoms with Crippen LogP contribution in [-0.2, 0) is 0 Å². The molecule has 1 rings (SSSR count). The summed E-state index contributed by atoms with van der Waals surface area (Å²) in [5.74, 6) is -0.254. The van der Waals surface area contributed by atoms with E-state index in [1.54, 1.807) is 18.2 Å². The lowest BCUT2D eigenvalue weighted by molar-refractivity contribution is 0.564. The second kappa shape index (κ2) is 5.27. The monoisotopic (exact) mass is 257 g/mol. The summed E-state index contributed by atoms with van der Waals surface area (Å²) in [4.78, 5) is 0. The zero-order valence-corrected chi connectivity index (χ0v) is 9.43. The molecule has 0 aliphatic carbocycles. The number of hydrogen-bond donors (Lipinski definition) is 1. The van der Waals surface area contributed by atoms with Gasteiger partial charge < -0.3 is 5.73 Å². The summed E-state index contributed by atoms with van der Waals surface area (Å²) in [6, 6.07) is 4.60. The molecule has 1 aromatic rings. The van der Waals surface area contributed by atoms with Gasteiger partial charge in [-0.1, -0.05) is 28.1 Å². The standard InChI is InChI=1S/C11H13BrFN/c1-2-3-7-10(14)11-8(12)5-4-6-9(11)13/h2,4-6,10H,1,3,7,14H2/t10-/m0/s1. The SMILES string of the molecule is C=CCC[C@H](N)c1c(F)cccc1Br. The Labute approximate surface area is 91.9 Å². The highest BCUT2D eigenvalue weighted by molar-refractivity contribution is 9.10. The minimum Gasteiger partial charge on any atom is -0.324 e. The normalized spacial score (nSPS) is 12.5. The number of allylic oxidation sites excluding steroid dienone is 1. The molecule has 0 aromatic heterocycles. The van der Waals surface area contributed by atoms with Gasteiger partial charge in [-0.25, -0.2) is 4.39 Å². The topological polar surface area (TPSA) is 26.0 Å². The zero-order valence-electron chi connectivity index (χ0n) is 7.84. The van der Waals surface area contributed by atoms with E-state index in [2.05, 4.69) is 22.5 Å². The van der Waals surface area contributed by atoms with Crippen LogP contribution in [0.4, 0.5) is 4.39 Å². The number of benzene rings is 1. The second-order valence-corrected chi connectivity index (χ2v) is 3.96. The van der Waals surface area contributed by atoms with Crippen molar-refractivity contribution in [3.8, 4) is 0 Å². The highest BCUT2D eigenvalue weighted by atomic mass is 79.9. The summed E-state index contributed by atoms with van der Waals surface area (Å²) in [5, 5.41) is 0. The minimum absolute atomic E-state index is 0.254. The fourth-order valence-electron chi connectivity index (χ4n) is 1.31. The average molecular weight is 258 g/mol. The molecule has 0 saturated carbocycles. The Kier molecular flexibility index (Phi) is 4.29. The van der Waals surface area contributed by atoms with Crippen LogP contribution < -0.4 is 5.73 Å². The Bertz CT molecular complexity index is 305. The molecule has 0 spiro atoms. The van der Waals surface area contributed by atoms with Crippen molar-refractivity contribution in [2.45, 2.75) is 18.9 Å². The van der Waals surface area contributed by atoms with Gasteiger partial charge in [-0.15, -0.1) is 6.58 Å². The Balaban J connectivity index is 2.87. The lowest BCUT2D eigenvalue weighted by atomic mass is 10.0. The van der Waals surface area contributed by atoms with Gasteiger partial charge in [0.15, 0.2) is 0 Å². The van der Waals surface area contributed by atoms with E-state index in [0.29, 0.717) is 12.0 Å². The minimum atomic E-state index is -0.274. The van der Waals surface area contributed by atoms with Crippen LogP contribution in [0.15, 0.2) is 35.3 Å². The van der Waals surface area contributed by atoms with Gasteiger partial charge in [0.25, 0.3) is 0 Å². The van der Waals surface area contributed by atoms with Crippen molar-refractivity contribution in [3.63, 3.8) is 0 Å². The molecule has 0 bridgehead atoms. The first-order chi connectivity index (χ1) is 6.66. The van der Waals surface area contributed by atoms with Crippen molar-refractivity contribution in [2.24, 2.45) is 5.73 Å². The van der Waals surface area contributed by atoms with E-state index < -0.39 is 0 Å². The molecule has 14 heavy (non-hydrogen) atoms.